The summed E-state index contributed by atoms with van der Waals surface area (Å²) in [6, 6.07) is 7.34. The van der Waals surface area contributed by atoms with E-state index in [1.165, 1.54) is 31.7 Å². The third-order valence-corrected chi connectivity index (χ3v) is 4.37. The van der Waals surface area contributed by atoms with Crippen LogP contribution in [0.15, 0.2) is 29.2 Å². The first-order chi connectivity index (χ1) is 9.61. The SMILES string of the molecule is COC(=O)[C@H](C)Sc1ccccc1C(=O)NCC1CC1. The maximum absolute atomic E-state index is 12.2. The predicted molar refractivity (Wildman–Crippen MR) is 78.8 cm³/mol. The molecule has 0 spiro atoms. The quantitative estimate of drug-likeness (QED) is 0.646. The molecule has 1 amide bonds. The molecule has 108 valence electrons. The van der Waals surface area contributed by atoms with Gasteiger partial charge in [0.05, 0.1) is 12.7 Å². The highest BCUT2D eigenvalue weighted by Crippen LogP contribution is 2.29. The molecule has 1 aliphatic carbocycles. The fourth-order valence-corrected chi connectivity index (χ4v) is 2.83. The van der Waals surface area contributed by atoms with Crippen LogP contribution in [0.25, 0.3) is 0 Å². The molecule has 0 saturated heterocycles. The van der Waals surface area contributed by atoms with Gasteiger partial charge < -0.3 is 10.1 Å². The van der Waals surface area contributed by atoms with Crippen molar-refractivity contribution in [1.29, 1.82) is 0 Å². The van der Waals surface area contributed by atoms with Gasteiger partial charge in [0.2, 0.25) is 0 Å². The molecule has 1 saturated carbocycles. The Morgan fingerprint density at radius 2 is 2.10 bits per heavy atom. The molecule has 4 nitrogen and oxygen atoms in total. The molecule has 5 heteroatoms. The van der Waals surface area contributed by atoms with Crippen LogP contribution in [0.5, 0.6) is 0 Å². The average molecular weight is 293 g/mol. The highest BCUT2D eigenvalue weighted by atomic mass is 32.2. The van der Waals surface area contributed by atoms with E-state index in [1.54, 1.807) is 13.0 Å². The molecule has 20 heavy (non-hydrogen) atoms. The minimum atomic E-state index is -0.336. The fraction of sp³-hybridized carbons (Fsp3) is 0.467. The summed E-state index contributed by atoms with van der Waals surface area (Å²) >= 11 is 1.35. The number of amides is 1. The fourth-order valence-electron chi connectivity index (χ4n) is 1.82. The van der Waals surface area contributed by atoms with Crippen molar-refractivity contribution in [2.45, 2.75) is 29.9 Å². The van der Waals surface area contributed by atoms with Gasteiger partial charge in [0.15, 0.2) is 0 Å². The summed E-state index contributed by atoms with van der Waals surface area (Å²) in [5.74, 6) is 0.285. The maximum atomic E-state index is 12.2. The summed E-state index contributed by atoms with van der Waals surface area (Å²) in [4.78, 5) is 24.5. The van der Waals surface area contributed by atoms with Crippen molar-refractivity contribution in [3.05, 3.63) is 29.8 Å². The Balaban J connectivity index is 2.04. The van der Waals surface area contributed by atoms with Crippen LogP contribution in [-0.4, -0.2) is 30.8 Å². The van der Waals surface area contributed by atoms with Crippen molar-refractivity contribution in [2.75, 3.05) is 13.7 Å². The molecule has 1 aromatic rings. The summed E-state index contributed by atoms with van der Waals surface area (Å²) in [5, 5.41) is 2.61. The van der Waals surface area contributed by atoms with E-state index in [9.17, 15) is 9.59 Å². The summed E-state index contributed by atoms with van der Waals surface area (Å²) in [6.07, 6.45) is 2.41. The molecular weight excluding hydrogens is 274 g/mol. The number of ether oxygens (including phenoxy) is 1. The van der Waals surface area contributed by atoms with Crippen LogP contribution in [0, 0.1) is 5.92 Å². The number of thioether (sulfide) groups is 1. The zero-order chi connectivity index (χ0) is 14.5. The predicted octanol–water partition coefficient (Wildman–Crippen LogP) is 2.48. The standard InChI is InChI=1S/C15H19NO3S/c1-10(15(18)19-2)20-13-6-4-3-5-12(13)14(17)16-9-11-7-8-11/h3-6,10-11H,7-9H2,1-2H3,(H,16,17)/t10-/m0/s1. The average Bonchev–Trinajstić information content (AvgIpc) is 3.28. The van der Waals surface area contributed by atoms with Crippen LogP contribution in [-0.2, 0) is 9.53 Å². The van der Waals surface area contributed by atoms with Gasteiger partial charge in [0.25, 0.3) is 5.91 Å². The van der Waals surface area contributed by atoms with E-state index in [-0.39, 0.29) is 17.1 Å². The van der Waals surface area contributed by atoms with Gasteiger partial charge in [0.1, 0.15) is 5.25 Å². The Bertz CT molecular complexity index is 500. The van der Waals surface area contributed by atoms with Gasteiger partial charge in [-0.15, -0.1) is 11.8 Å². The summed E-state index contributed by atoms with van der Waals surface area (Å²) < 4.78 is 4.71. The highest BCUT2D eigenvalue weighted by Gasteiger charge is 2.23. The van der Waals surface area contributed by atoms with Crippen LogP contribution in [0.3, 0.4) is 0 Å². The zero-order valence-electron chi connectivity index (χ0n) is 11.7. The van der Waals surface area contributed by atoms with E-state index in [0.717, 1.165) is 11.4 Å². The van der Waals surface area contributed by atoms with E-state index in [2.05, 4.69) is 5.32 Å². The molecule has 0 aromatic heterocycles. The molecule has 1 aromatic carbocycles. The van der Waals surface area contributed by atoms with Gasteiger partial charge in [-0.3, -0.25) is 9.59 Å². The Hall–Kier alpha value is -1.49. The van der Waals surface area contributed by atoms with Crippen molar-refractivity contribution in [3.63, 3.8) is 0 Å². The second-order valence-corrected chi connectivity index (χ2v) is 6.32. The number of benzene rings is 1. The molecule has 1 aliphatic rings. The van der Waals surface area contributed by atoms with E-state index in [4.69, 9.17) is 4.74 Å². The van der Waals surface area contributed by atoms with Gasteiger partial charge in [-0.2, -0.15) is 0 Å². The van der Waals surface area contributed by atoms with Gasteiger partial charge >= 0.3 is 5.97 Å². The summed E-state index contributed by atoms with van der Waals surface area (Å²) in [5.41, 5.74) is 0.619. The molecule has 1 N–H and O–H groups in total. The number of methoxy groups -OCH3 is 1. The second kappa shape index (κ2) is 6.79. The Morgan fingerprint density at radius 1 is 1.40 bits per heavy atom. The lowest BCUT2D eigenvalue weighted by Crippen LogP contribution is -2.26. The third kappa shape index (κ3) is 4.00. The van der Waals surface area contributed by atoms with Gasteiger partial charge in [0, 0.05) is 11.4 Å². The number of carbonyl (C=O) groups excluding carboxylic acids is 2. The van der Waals surface area contributed by atoms with Crippen LogP contribution >= 0.6 is 11.8 Å². The highest BCUT2D eigenvalue weighted by molar-refractivity contribution is 8.00. The monoisotopic (exact) mass is 293 g/mol. The minimum absolute atomic E-state index is 0.0722. The Morgan fingerprint density at radius 3 is 2.75 bits per heavy atom. The minimum Gasteiger partial charge on any atom is -0.468 e. The summed E-state index contributed by atoms with van der Waals surface area (Å²) in [6.45, 7) is 2.51. The number of esters is 1. The van der Waals surface area contributed by atoms with E-state index in [1.807, 2.05) is 18.2 Å². The first-order valence-electron chi connectivity index (χ1n) is 6.73. The lowest BCUT2D eigenvalue weighted by molar-refractivity contribution is -0.139. The first kappa shape index (κ1) is 14.9. The largest absolute Gasteiger partial charge is 0.468 e. The molecule has 2 rings (SSSR count). The lowest BCUT2D eigenvalue weighted by Gasteiger charge is -2.12. The van der Waals surface area contributed by atoms with E-state index < -0.39 is 0 Å². The topological polar surface area (TPSA) is 55.4 Å². The molecule has 0 unspecified atom stereocenters. The van der Waals surface area contributed by atoms with Crippen molar-refractivity contribution in [1.82, 2.24) is 5.32 Å². The number of hydrogen-bond acceptors (Lipinski definition) is 4. The van der Waals surface area contributed by atoms with Gasteiger partial charge in [-0.1, -0.05) is 12.1 Å². The van der Waals surface area contributed by atoms with Crippen molar-refractivity contribution < 1.29 is 14.3 Å². The number of hydrogen-bond donors (Lipinski definition) is 1. The molecular formula is C15H19NO3S. The van der Waals surface area contributed by atoms with Gasteiger partial charge in [-0.05, 0) is 37.8 Å². The maximum Gasteiger partial charge on any atom is 0.318 e. The molecule has 0 heterocycles. The molecule has 0 bridgehead atoms. The molecule has 1 atom stereocenters. The summed E-state index contributed by atoms with van der Waals surface area (Å²) in [7, 11) is 1.37. The molecule has 0 aliphatic heterocycles. The van der Waals surface area contributed by atoms with Crippen LogP contribution < -0.4 is 5.32 Å². The third-order valence-electron chi connectivity index (χ3n) is 3.22. The normalized spacial score (nSPS) is 15.5. The Labute approximate surface area is 123 Å². The van der Waals surface area contributed by atoms with Crippen LogP contribution in [0.2, 0.25) is 0 Å². The van der Waals surface area contributed by atoms with Crippen LogP contribution in [0.4, 0.5) is 0 Å². The van der Waals surface area contributed by atoms with Crippen molar-refractivity contribution in [2.24, 2.45) is 5.92 Å². The van der Waals surface area contributed by atoms with Crippen molar-refractivity contribution >= 4 is 23.6 Å². The smallest absolute Gasteiger partial charge is 0.318 e. The van der Waals surface area contributed by atoms with E-state index >= 15 is 0 Å². The lowest BCUT2D eigenvalue weighted by atomic mass is 10.2. The van der Waals surface area contributed by atoms with Crippen LogP contribution in [0.1, 0.15) is 30.1 Å². The first-order valence-corrected chi connectivity index (χ1v) is 7.61. The zero-order valence-corrected chi connectivity index (χ0v) is 12.5. The number of carbonyl (C=O) groups is 2. The molecule has 1 fully saturated rings. The Kier molecular flexibility index (Phi) is 5.06. The number of rotatable bonds is 6. The van der Waals surface area contributed by atoms with Gasteiger partial charge in [-0.25, -0.2) is 0 Å². The number of nitrogens with one attached hydrogen (secondary N) is 1. The van der Waals surface area contributed by atoms with E-state index in [0.29, 0.717) is 11.5 Å². The second-order valence-electron chi connectivity index (χ2n) is 4.93. The molecule has 0 radical (unpaired) electrons. The van der Waals surface area contributed by atoms with Crippen molar-refractivity contribution in [3.8, 4) is 0 Å².